The van der Waals surface area contributed by atoms with Crippen molar-refractivity contribution in [2.24, 2.45) is 11.3 Å². The Hall–Kier alpha value is -1.80. The van der Waals surface area contributed by atoms with Crippen LogP contribution in [0.25, 0.3) is 0 Å². The number of aromatic nitrogens is 2. The first-order valence-electron chi connectivity index (χ1n) is 8.28. The molecule has 3 fully saturated rings. The van der Waals surface area contributed by atoms with Gasteiger partial charge in [-0.3, -0.25) is 4.79 Å². The van der Waals surface area contributed by atoms with Crippen molar-refractivity contribution in [1.29, 1.82) is 0 Å². The van der Waals surface area contributed by atoms with Crippen molar-refractivity contribution >= 4 is 11.9 Å². The zero-order valence-corrected chi connectivity index (χ0v) is 13.1. The molecule has 2 aliphatic carbocycles. The number of piperidine rings is 1. The van der Waals surface area contributed by atoms with Gasteiger partial charge in [0.15, 0.2) is 0 Å². The lowest BCUT2D eigenvalue weighted by molar-refractivity contribution is -0.149. The minimum atomic E-state index is -4.23. The van der Waals surface area contributed by atoms with Crippen LogP contribution in [0.15, 0.2) is 4.42 Å². The molecule has 1 aromatic rings. The number of amides is 1. The highest BCUT2D eigenvalue weighted by Gasteiger charge is 2.58. The largest absolute Gasteiger partial charge is 0.408 e. The number of hydrogen-bond acceptors (Lipinski definition) is 5. The van der Waals surface area contributed by atoms with Crippen LogP contribution in [-0.2, 0) is 4.79 Å². The number of halogens is 3. The van der Waals surface area contributed by atoms with E-state index in [9.17, 15) is 18.0 Å². The molecule has 1 unspecified atom stereocenters. The SMILES string of the molecule is O=C(CNc1nnc([C@@H]2CC2C(F)(F)F)o1)N1CCC2(CC1)CC2. The van der Waals surface area contributed by atoms with Gasteiger partial charge in [-0.2, -0.15) is 13.2 Å². The fourth-order valence-corrected chi connectivity index (χ4v) is 3.46. The monoisotopic (exact) mass is 344 g/mol. The highest BCUT2D eigenvalue weighted by Crippen LogP contribution is 2.56. The number of rotatable bonds is 4. The summed E-state index contributed by atoms with van der Waals surface area (Å²) in [7, 11) is 0. The average molecular weight is 344 g/mol. The maximum atomic E-state index is 12.5. The van der Waals surface area contributed by atoms with Gasteiger partial charge in [-0.25, -0.2) is 0 Å². The van der Waals surface area contributed by atoms with Crippen molar-refractivity contribution in [3.05, 3.63) is 5.89 Å². The second-order valence-corrected chi connectivity index (χ2v) is 7.17. The van der Waals surface area contributed by atoms with Crippen LogP contribution in [0.1, 0.15) is 43.9 Å². The van der Waals surface area contributed by atoms with Crippen LogP contribution in [0.4, 0.5) is 19.2 Å². The molecule has 2 saturated carbocycles. The number of carbonyl (C=O) groups excluding carboxylic acids is 1. The fourth-order valence-electron chi connectivity index (χ4n) is 3.46. The summed E-state index contributed by atoms with van der Waals surface area (Å²) in [5.74, 6) is -2.21. The fraction of sp³-hybridized carbons (Fsp3) is 0.800. The summed E-state index contributed by atoms with van der Waals surface area (Å²) in [6.07, 6.45) is 0.430. The maximum absolute atomic E-state index is 12.5. The first-order chi connectivity index (χ1) is 11.4. The molecule has 0 bridgehead atoms. The molecule has 2 heterocycles. The van der Waals surface area contributed by atoms with E-state index in [2.05, 4.69) is 15.5 Å². The van der Waals surface area contributed by atoms with Gasteiger partial charge in [-0.15, -0.1) is 5.10 Å². The van der Waals surface area contributed by atoms with Crippen LogP contribution in [-0.4, -0.2) is 46.8 Å². The molecule has 6 nitrogen and oxygen atoms in total. The molecule has 132 valence electrons. The van der Waals surface area contributed by atoms with Gasteiger partial charge >= 0.3 is 12.2 Å². The zero-order chi connectivity index (χ0) is 16.9. The Balaban J connectivity index is 1.25. The lowest BCUT2D eigenvalue weighted by atomic mass is 9.94. The van der Waals surface area contributed by atoms with Crippen molar-refractivity contribution in [2.45, 2.75) is 44.2 Å². The van der Waals surface area contributed by atoms with E-state index in [4.69, 9.17) is 4.42 Å². The number of hydrogen-bond donors (Lipinski definition) is 1. The first kappa shape index (κ1) is 15.7. The molecule has 2 atom stereocenters. The van der Waals surface area contributed by atoms with Gasteiger partial charge in [0.1, 0.15) is 0 Å². The molecular formula is C15H19F3N4O2. The predicted molar refractivity (Wildman–Crippen MR) is 77.2 cm³/mol. The highest BCUT2D eigenvalue weighted by molar-refractivity contribution is 5.80. The number of carbonyl (C=O) groups is 1. The van der Waals surface area contributed by atoms with Crippen molar-refractivity contribution in [2.75, 3.05) is 25.0 Å². The van der Waals surface area contributed by atoms with E-state index < -0.39 is 18.0 Å². The Morgan fingerprint density at radius 2 is 1.96 bits per heavy atom. The van der Waals surface area contributed by atoms with Gasteiger partial charge in [0, 0.05) is 19.0 Å². The number of alkyl halides is 3. The Labute approximate surface area is 136 Å². The summed E-state index contributed by atoms with van der Waals surface area (Å²) < 4.78 is 42.8. The van der Waals surface area contributed by atoms with Crippen LogP contribution in [0.5, 0.6) is 0 Å². The summed E-state index contributed by atoms with van der Waals surface area (Å²) in [6.45, 7) is 1.55. The number of nitrogens with one attached hydrogen (secondary N) is 1. The number of likely N-dealkylation sites (tertiary alicyclic amines) is 1. The van der Waals surface area contributed by atoms with E-state index in [1.54, 1.807) is 0 Å². The molecule has 24 heavy (non-hydrogen) atoms. The molecule has 1 aromatic heterocycles. The smallest absolute Gasteiger partial charge is 0.392 e. The Morgan fingerprint density at radius 3 is 2.54 bits per heavy atom. The Kier molecular flexibility index (Phi) is 3.50. The van der Waals surface area contributed by atoms with E-state index in [-0.39, 0.29) is 30.8 Å². The van der Waals surface area contributed by atoms with E-state index >= 15 is 0 Å². The van der Waals surface area contributed by atoms with Gasteiger partial charge in [-0.05, 0) is 37.5 Å². The predicted octanol–water partition coefficient (Wildman–Crippen LogP) is 2.55. The summed E-state index contributed by atoms with van der Waals surface area (Å²) in [5.41, 5.74) is 0.505. The first-order valence-corrected chi connectivity index (χ1v) is 8.28. The molecule has 1 N–H and O–H groups in total. The molecular weight excluding hydrogens is 325 g/mol. The minimum absolute atomic E-state index is 0.00171. The Bertz CT molecular complexity index is 631. The van der Waals surface area contributed by atoms with Gasteiger partial charge in [0.05, 0.1) is 12.5 Å². The third-order valence-electron chi connectivity index (χ3n) is 5.49. The number of anilines is 1. The molecule has 1 aliphatic heterocycles. The standard InChI is InChI=1S/C15H19F3N4O2/c16-15(17,18)10-7-9(10)12-20-21-13(24-12)19-8-11(23)22-5-3-14(1-2-14)4-6-22/h9-10H,1-8H2,(H,19,21)/t9-,10?/m1/s1. The van der Waals surface area contributed by atoms with Crippen LogP contribution in [0, 0.1) is 11.3 Å². The number of nitrogens with zero attached hydrogens (tertiary/aromatic N) is 3. The van der Waals surface area contributed by atoms with E-state index in [1.807, 2.05) is 4.90 Å². The van der Waals surface area contributed by atoms with E-state index in [0.717, 1.165) is 25.9 Å². The third-order valence-corrected chi connectivity index (χ3v) is 5.49. The molecule has 4 rings (SSSR count). The molecule has 1 saturated heterocycles. The quantitative estimate of drug-likeness (QED) is 0.909. The van der Waals surface area contributed by atoms with Crippen LogP contribution in [0.2, 0.25) is 0 Å². The van der Waals surface area contributed by atoms with E-state index in [1.165, 1.54) is 12.8 Å². The summed E-state index contributed by atoms with van der Waals surface area (Å²) in [6, 6.07) is 0.00171. The minimum Gasteiger partial charge on any atom is -0.408 e. The topological polar surface area (TPSA) is 71.3 Å². The molecule has 3 aliphatic rings. The normalized spacial score (nSPS) is 28.0. The summed E-state index contributed by atoms with van der Waals surface area (Å²) in [4.78, 5) is 14.0. The van der Waals surface area contributed by atoms with E-state index in [0.29, 0.717) is 5.41 Å². The zero-order valence-electron chi connectivity index (χ0n) is 13.1. The second-order valence-electron chi connectivity index (χ2n) is 7.17. The lowest BCUT2D eigenvalue weighted by Gasteiger charge is -2.32. The molecule has 1 amide bonds. The van der Waals surface area contributed by atoms with Crippen molar-refractivity contribution in [3.63, 3.8) is 0 Å². The van der Waals surface area contributed by atoms with Crippen LogP contribution >= 0.6 is 0 Å². The maximum Gasteiger partial charge on any atom is 0.392 e. The summed E-state index contributed by atoms with van der Waals surface area (Å²) >= 11 is 0. The highest BCUT2D eigenvalue weighted by atomic mass is 19.4. The lowest BCUT2D eigenvalue weighted by Crippen LogP contribution is -2.41. The molecule has 0 radical (unpaired) electrons. The van der Waals surface area contributed by atoms with Crippen molar-refractivity contribution in [3.8, 4) is 0 Å². The molecule has 1 spiro atoms. The third kappa shape index (κ3) is 3.08. The van der Waals surface area contributed by atoms with Crippen LogP contribution < -0.4 is 5.32 Å². The summed E-state index contributed by atoms with van der Waals surface area (Å²) in [5, 5.41) is 10.1. The second kappa shape index (κ2) is 5.35. The van der Waals surface area contributed by atoms with Crippen molar-refractivity contribution in [1.82, 2.24) is 15.1 Å². The average Bonchev–Trinajstić information content (AvgIpc) is 3.45. The van der Waals surface area contributed by atoms with Gasteiger partial charge in [0.2, 0.25) is 11.8 Å². The van der Waals surface area contributed by atoms with Gasteiger partial charge < -0.3 is 14.6 Å². The van der Waals surface area contributed by atoms with Gasteiger partial charge in [-0.1, -0.05) is 5.10 Å². The van der Waals surface area contributed by atoms with Crippen LogP contribution in [0.3, 0.4) is 0 Å². The van der Waals surface area contributed by atoms with Crippen molar-refractivity contribution < 1.29 is 22.4 Å². The molecule has 9 heteroatoms. The molecule has 0 aromatic carbocycles. The van der Waals surface area contributed by atoms with Gasteiger partial charge in [0.25, 0.3) is 0 Å². The Morgan fingerprint density at radius 1 is 1.25 bits per heavy atom.